The molecule has 4 nitrogen and oxygen atoms in total. The normalized spacial score (nSPS) is 17.8. The van der Waals surface area contributed by atoms with Crippen molar-refractivity contribution >= 4 is 16.3 Å². The molecule has 1 aliphatic carbocycles. The van der Waals surface area contributed by atoms with Crippen molar-refractivity contribution < 1.29 is 0 Å². The summed E-state index contributed by atoms with van der Waals surface area (Å²) in [6.45, 7) is 2.99. The minimum atomic E-state index is 0.646. The summed E-state index contributed by atoms with van der Waals surface area (Å²) in [5.74, 6) is 0.786. The average molecular weight is 312 g/mol. The first-order valence-corrected chi connectivity index (χ1v) is 8.72. The number of hydrogen-bond acceptors (Lipinski definition) is 4. The van der Waals surface area contributed by atoms with Gasteiger partial charge in [-0.15, -0.1) is 11.3 Å². The molecule has 0 bridgehead atoms. The van der Waals surface area contributed by atoms with Gasteiger partial charge in [-0.25, -0.2) is 4.98 Å². The first-order valence-electron chi connectivity index (χ1n) is 7.90. The second-order valence-electron chi connectivity index (χ2n) is 6.12. The number of fused-ring (bicyclic) bond motifs is 3. The van der Waals surface area contributed by atoms with Gasteiger partial charge >= 0.3 is 0 Å². The van der Waals surface area contributed by atoms with Gasteiger partial charge in [-0.3, -0.25) is 9.38 Å². The van der Waals surface area contributed by atoms with Crippen LogP contribution < -0.4 is 5.73 Å². The van der Waals surface area contributed by atoms with Gasteiger partial charge in [-0.05, 0) is 43.9 Å². The minimum Gasteiger partial charge on any atom is -0.330 e. The van der Waals surface area contributed by atoms with E-state index in [0.29, 0.717) is 6.54 Å². The number of hydrogen-bond donors (Lipinski definition) is 1. The van der Waals surface area contributed by atoms with Gasteiger partial charge < -0.3 is 5.73 Å². The second kappa shape index (κ2) is 5.48. The van der Waals surface area contributed by atoms with E-state index in [1.165, 1.54) is 29.1 Å². The van der Waals surface area contributed by atoms with Gasteiger partial charge in [0.15, 0.2) is 4.96 Å². The Morgan fingerprint density at radius 3 is 2.95 bits per heavy atom. The molecule has 3 aromatic heterocycles. The molecule has 22 heavy (non-hydrogen) atoms. The molecular weight excluding hydrogens is 292 g/mol. The van der Waals surface area contributed by atoms with Gasteiger partial charge in [0.1, 0.15) is 0 Å². The van der Waals surface area contributed by atoms with Crippen LogP contribution in [0.1, 0.15) is 29.6 Å². The zero-order valence-corrected chi connectivity index (χ0v) is 13.6. The summed E-state index contributed by atoms with van der Waals surface area (Å²) >= 11 is 1.85. The van der Waals surface area contributed by atoms with E-state index in [-0.39, 0.29) is 0 Å². The monoisotopic (exact) mass is 312 g/mol. The van der Waals surface area contributed by atoms with Crippen molar-refractivity contribution in [3.8, 4) is 11.3 Å². The molecule has 5 heteroatoms. The molecule has 1 unspecified atom stereocenters. The van der Waals surface area contributed by atoms with Crippen LogP contribution in [0.5, 0.6) is 0 Å². The molecular formula is C17H20N4S. The summed E-state index contributed by atoms with van der Waals surface area (Å²) in [4.78, 5) is 11.7. The molecule has 4 rings (SSSR count). The van der Waals surface area contributed by atoms with E-state index in [1.807, 2.05) is 35.9 Å². The van der Waals surface area contributed by atoms with Crippen LogP contribution >= 0.6 is 11.3 Å². The van der Waals surface area contributed by atoms with E-state index in [9.17, 15) is 0 Å². The summed E-state index contributed by atoms with van der Waals surface area (Å²) < 4.78 is 2.38. The van der Waals surface area contributed by atoms with Crippen molar-refractivity contribution in [3.05, 3.63) is 40.8 Å². The molecule has 0 saturated heterocycles. The Labute approximate surface area is 134 Å². The molecule has 0 amide bonds. The molecule has 2 N–H and O–H groups in total. The van der Waals surface area contributed by atoms with Gasteiger partial charge in [0.25, 0.3) is 0 Å². The Balaban J connectivity index is 1.92. The standard InChI is InChI=1S/C17H20N4S/c1-11-2-3-13-15(10-11)22-17-20-16(12-5-8-19-9-6-12)14(4-7-18)21(13)17/h5-6,8-9,11H,2-4,7,10,18H2,1H3. The molecule has 0 aliphatic heterocycles. The highest BCUT2D eigenvalue weighted by molar-refractivity contribution is 7.17. The quantitative estimate of drug-likeness (QED) is 0.808. The number of thiazole rings is 1. The second-order valence-corrected chi connectivity index (χ2v) is 7.18. The fraction of sp³-hybridized carbons (Fsp3) is 0.412. The van der Waals surface area contributed by atoms with Crippen LogP contribution in [-0.4, -0.2) is 20.9 Å². The van der Waals surface area contributed by atoms with Gasteiger partial charge in [-0.1, -0.05) is 6.92 Å². The van der Waals surface area contributed by atoms with Crippen LogP contribution in [-0.2, 0) is 19.3 Å². The highest BCUT2D eigenvalue weighted by Crippen LogP contribution is 2.36. The van der Waals surface area contributed by atoms with Gasteiger partial charge in [0.2, 0.25) is 0 Å². The van der Waals surface area contributed by atoms with E-state index >= 15 is 0 Å². The lowest BCUT2D eigenvalue weighted by atomic mass is 9.93. The predicted octanol–water partition coefficient (Wildman–Crippen LogP) is 3.08. The number of aromatic nitrogens is 3. The first-order chi connectivity index (χ1) is 10.8. The molecule has 0 saturated carbocycles. The topological polar surface area (TPSA) is 56.2 Å². The predicted molar refractivity (Wildman–Crippen MR) is 90.2 cm³/mol. The summed E-state index contributed by atoms with van der Waals surface area (Å²) in [5, 5.41) is 0. The zero-order chi connectivity index (χ0) is 15.1. The third-order valence-electron chi connectivity index (χ3n) is 4.49. The smallest absolute Gasteiger partial charge is 0.194 e. The van der Waals surface area contributed by atoms with E-state index in [4.69, 9.17) is 10.7 Å². The summed E-state index contributed by atoms with van der Waals surface area (Å²) in [7, 11) is 0. The molecule has 114 valence electrons. The van der Waals surface area contributed by atoms with Crippen LogP contribution in [0.2, 0.25) is 0 Å². The number of nitrogens with two attached hydrogens (primary N) is 1. The molecule has 0 radical (unpaired) electrons. The summed E-state index contributed by atoms with van der Waals surface area (Å²) in [6.07, 6.45) is 8.12. The van der Waals surface area contributed by atoms with Crippen molar-refractivity contribution in [1.29, 1.82) is 0 Å². The third-order valence-corrected chi connectivity index (χ3v) is 5.60. The van der Waals surface area contributed by atoms with Crippen LogP contribution in [0.25, 0.3) is 16.2 Å². The number of imidazole rings is 1. The van der Waals surface area contributed by atoms with Crippen LogP contribution in [0.4, 0.5) is 0 Å². The van der Waals surface area contributed by atoms with Crippen LogP contribution in [0, 0.1) is 5.92 Å². The highest BCUT2D eigenvalue weighted by Gasteiger charge is 2.25. The maximum atomic E-state index is 5.87. The SMILES string of the molecule is CC1CCc2c(sc3nc(-c4ccncc4)c(CCN)n23)C1. The highest BCUT2D eigenvalue weighted by atomic mass is 32.1. The van der Waals surface area contributed by atoms with E-state index in [0.717, 1.165) is 35.0 Å². The van der Waals surface area contributed by atoms with E-state index in [1.54, 1.807) is 0 Å². The fourth-order valence-electron chi connectivity index (χ4n) is 3.39. The molecule has 0 spiro atoms. The number of aryl methyl sites for hydroxylation is 1. The summed E-state index contributed by atoms with van der Waals surface area (Å²) in [5.41, 5.74) is 10.8. The summed E-state index contributed by atoms with van der Waals surface area (Å²) in [6, 6.07) is 4.06. The lowest BCUT2D eigenvalue weighted by Gasteiger charge is -2.18. The molecule has 3 aromatic rings. The maximum Gasteiger partial charge on any atom is 0.194 e. The number of rotatable bonds is 3. The van der Waals surface area contributed by atoms with Gasteiger partial charge in [0.05, 0.1) is 11.4 Å². The number of nitrogens with zero attached hydrogens (tertiary/aromatic N) is 3. The van der Waals surface area contributed by atoms with E-state index < -0.39 is 0 Å². The largest absolute Gasteiger partial charge is 0.330 e. The van der Waals surface area contributed by atoms with Gasteiger partial charge in [-0.2, -0.15) is 0 Å². The molecule has 1 aliphatic rings. The van der Waals surface area contributed by atoms with Crippen molar-refractivity contribution in [2.45, 2.75) is 32.6 Å². The molecule has 0 aromatic carbocycles. The fourth-order valence-corrected chi connectivity index (χ4v) is 4.74. The lowest BCUT2D eigenvalue weighted by molar-refractivity contribution is 0.498. The minimum absolute atomic E-state index is 0.646. The van der Waals surface area contributed by atoms with Crippen molar-refractivity contribution in [3.63, 3.8) is 0 Å². The lowest BCUT2D eigenvalue weighted by Crippen LogP contribution is -2.13. The molecule has 1 atom stereocenters. The van der Waals surface area contributed by atoms with Crippen molar-refractivity contribution in [1.82, 2.24) is 14.4 Å². The Kier molecular flexibility index (Phi) is 3.47. The molecule has 3 heterocycles. The maximum absolute atomic E-state index is 5.87. The Morgan fingerprint density at radius 2 is 2.18 bits per heavy atom. The van der Waals surface area contributed by atoms with Gasteiger partial charge in [0, 0.05) is 34.9 Å². The Morgan fingerprint density at radius 1 is 1.36 bits per heavy atom. The zero-order valence-electron chi connectivity index (χ0n) is 12.7. The first kappa shape index (κ1) is 13.9. The van der Waals surface area contributed by atoms with Crippen LogP contribution in [0.3, 0.4) is 0 Å². The average Bonchev–Trinajstić information content (AvgIpc) is 3.05. The van der Waals surface area contributed by atoms with Crippen molar-refractivity contribution in [2.24, 2.45) is 11.7 Å². The Hall–Kier alpha value is -1.72. The van der Waals surface area contributed by atoms with Crippen molar-refractivity contribution in [2.75, 3.05) is 6.54 Å². The third kappa shape index (κ3) is 2.16. The Bertz CT molecular complexity index is 803. The van der Waals surface area contributed by atoms with E-state index in [2.05, 4.69) is 16.3 Å². The number of pyridine rings is 1. The van der Waals surface area contributed by atoms with Crippen LogP contribution in [0.15, 0.2) is 24.5 Å². The molecule has 0 fully saturated rings.